The van der Waals surface area contributed by atoms with Gasteiger partial charge < -0.3 is 9.47 Å². The van der Waals surface area contributed by atoms with Crippen molar-refractivity contribution >= 4 is 44.6 Å². The fraction of sp³-hybridized carbons (Fsp3) is 0.261. The Labute approximate surface area is 184 Å². The number of nitrogens with one attached hydrogen (secondary N) is 1. The Bertz CT molecular complexity index is 1100. The number of carbonyl (C=O) groups is 2. The molecule has 2 heterocycles. The van der Waals surface area contributed by atoms with Gasteiger partial charge in [0.2, 0.25) is 5.91 Å². The van der Waals surface area contributed by atoms with Crippen molar-refractivity contribution in [1.82, 2.24) is 9.88 Å². The minimum Gasteiger partial charge on any atom is -0.465 e. The molecule has 8 heteroatoms. The van der Waals surface area contributed by atoms with Crippen molar-refractivity contribution in [3.05, 3.63) is 65.2 Å². The quantitative estimate of drug-likeness (QED) is 0.469. The molecule has 0 aliphatic carbocycles. The van der Waals surface area contributed by atoms with Gasteiger partial charge in [-0.1, -0.05) is 29.5 Å². The maximum absolute atomic E-state index is 12.3. The summed E-state index contributed by atoms with van der Waals surface area (Å²) >= 11 is 1.46. The van der Waals surface area contributed by atoms with Crippen LogP contribution >= 0.6 is 11.3 Å². The number of morpholine rings is 1. The van der Waals surface area contributed by atoms with Gasteiger partial charge in [-0.3, -0.25) is 15.0 Å². The molecule has 0 bridgehead atoms. The molecule has 4 rings (SSSR count). The van der Waals surface area contributed by atoms with E-state index in [1.165, 1.54) is 30.1 Å². The normalized spacial score (nSPS) is 14.7. The zero-order chi connectivity index (χ0) is 21.6. The lowest BCUT2D eigenvalue weighted by Gasteiger charge is -2.26. The number of anilines is 1. The van der Waals surface area contributed by atoms with Gasteiger partial charge in [0.1, 0.15) is 0 Å². The number of hydrogen-bond acceptors (Lipinski definition) is 7. The van der Waals surface area contributed by atoms with Gasteiger partial charge >= 0.3 is 5.97 Å². The SMILES string of the molecule is COC(=O)c1ccc(/C=C/C(=O)Nc2nc3ccc(CN4CCOCC4)cc3s2)cc1. The predicted molar refractivity (Wildman–Crippen MR) is 121 cm³/mol. The number of thiazole rings is 1. The monoisotopic (exact) mass is 437 g/mol. The van der Waals surface area contributed by atoms with Gasteiger partial charge in [0.05, 0.1) is 36.1 Å². The molecule has 2 aromatic carbocycles. The Morgan fingerprint density at radius 3 is 2.71 bits per heavy atom. The summed E-state index contributed by atoms with van der Waals surface area (Å²) in [5.74, 6) is -0.651. The molecule has 0 radical (unpaired) electrons. The number of nitrogens with zero attached hydrogens (tertiary/aromatic N) is 2. The Morgan fingerprint density at radius 2 is 1.97 bits per heavy atom. The molecule has 1 aliphatic rings. The molecular formula is C23H23N3O4S. The summed E-state index contributed by atoms with van der Waals surface area (Å²) in [6.07, 6.45) is 3.13. The van der Waals surface area contributed by atoms with Gasteiger partial charge in [-0.2, -0.15) is 0 Å². The topological polar surface area (TPSA) is 80.8 Å². The summed E-state index contributed by atoms with van der Waals surface area (Å²) < 4.78 is 11.1. The van der Waals surface area contributed by atoms with Crippen LogP contribution in [0.1, 0.15) is 21.5 Å². The van der Waals surface area contributed by atoms with Gasteiger partial charge in [0, 0.05) is 25.7 Å². The number of esters is 1. The van der Waals surface area contributed by atoms with Crippen LogP contribution in [0.2, 0.25) is 0 Å². The van der Waals surface area contributed by atoms with E-state index in [0.717, 1.165) is 48.6 Å². The Balaban J connectivity index is 1.37. The minimum atomic E-state index is -0.391. The molecule has 0 unspecified atom stereocenters. The van der Waals surface area contributed by atoms with Crippen molar-refractivity contribution in [3.63, 3.8) is 0 Å². The van der Waals surface area contributed by atoms with Crippen molar-refractivity contribution < 1.29 is 19.1 Å². The Morgan fingerprint density at radius 1 is 1.19 bits per heavy atom. The first-order valence-corrected chi connectivity index (χ1v) is 10.8. The molecular weight excluding hydrogens is 414 g/mol. The van der Waals surface area contributed by atoms with E-state index < -0.39 is 5.97 Å². The molecule has 1 amide bonds. The van der Waals surface area contributed by atoms with Crippen LogP contribution in [0.4, 0.5) is 5.13 Å². The second-order valence-electron chi connectivity index (χ2n) is 7.15. The van der Waals surface area contributed by atoms with Crippen molar-refractivity contribution in [3.8, 4) is 0 Å². The minimum absolute atomic E-state index is 0.260. The number of hydrogen-bond donors (Lipinski definition) is 1. The molecule has 1 N–H and O–H groups in total. The van der Waals surface area contributed by atoms with Gasteiger partial charge in [-0.15, -0.1) is 0 Å². The summed E-state index contributed by atoms with van der Waals surface area (Å²) in [5, 5.41) is 3.39. The maximum Gasteiger partial charge on any atom is 0.337 e. The highest BCUT2D eigenvalue weighted by Gasteiger charge is 2.12. The van der Waals surface area contributed by atoms with Crippen molar-refractivity contribution in [1.29, 1.82) is 0 Å². The summed E-state index contributed by atoms with van der Waals surface area (Å²) in [6, 6.07) is 13.0. The summed E-state index contributed by atoms with van der Waals surface area (Å²) in [5.41, 5.74) is 3.37. The lowest BCUT2D eigenvalue weighted by molar-refractivity contribution is -0.111. The van der Waals surface area contributed by atoms with Crippen LogP contribution in [-0.4, -0.2) is 55.2 Å². The molecule has 3 aromatic rings. The van der Waals surface area contributed by atoms with Crippen LogP contribution in [0.5, 0.6) is 0 Å². The molecule has 0 saturated carbocycles. The third-order valence-electron chi connectivity index (χ3n) is 4.95. The van der Waals surface area contributed by atoms with Crippen molar-refractivity contribution in [2.75, 3.05) is 38.7 Å². The first kappa shape index (κ1) is 21.2. The highest BCUT2D eigenvalue weighted by Crippen LogP contribution is 2.27. The van der Waals surface area contributed by atoms with E-state index in [-0.39, 0.29) is 5.91 Å². The van der Waals surface area contributed by atoms with Crippen molar-refractivity contribution in [2.24, 2.45) is 0 Å². The number of carbonyl (C=O) groups excluding carboxylic acids is 2. The zero-order valence-corrected chi connectivity index (χ0v) is 18.0. The smallest absolute Gasteiger partial charge is 0.337 e. The molecule has 1 fully saturated rings. The molecule has 0 atom stereocenters. The second-order valence-corrected chi connectivity index (χ2v) is 8.18. The molecule has 1 aromatic heterocycles. The average Bonchev–Trinajstić information content (AvgIpc) is 3.19. The molecule has 160 valence electrons. The fourth-order valence-corrected chi connectivity index (χ4v) is 4.24. The summed E-state index contributed by atoms with van der Waals surface area (Å²) in [4.78, 5) is 30.6. The fourth-order valence-electron chi connectivity index (χ4n) is 3.31. The highest BCUT2D eigenvalue weighted by molar-refractivity contribution is 7.22. The first-order chi connectivity index (χ1) is 15.1. The van der Waals surface area contributed by atoms with E-state index in [9.17, 15) is 9.59 Å². The van der Waals surface area contributed by atoms with Gasteiger partial charge in [0.25, 0.3) is 0 Å². The number of benzene rings is 2. The van der Waals surface area contributed by atoms with E-state index in [4.69, 9.17) is 4.74 Å². The number of aromatic nitrogens is 1. The molecule has 0 spiro atoms. The van der Waals surface area contributed by atoms with Crippen LogP contribution in [0, 0.1) is 0 Å². The Kier molecular flexibility index (Phi) is 6.71. The van der Waals surface area contributed by atoms with Crippen LogP contribution in [0.25, 0.3) is 16.3 Å². The van der Waals surface area contributed by atoms with Crippen LogP contribution < -0.4 is 5.32 Å². The zero-order valence-electron chi connectivity index (χ0n) is 17.2. The number of methoxy groups -OCH3 is 1. The van der Waals surface area contributed by atoms with Crippen LogP contribution in [0.3, 0.4) is 0 Å². The van der Waals surface area contributed by atoms with Crippen LogP contribution in [-0.2, 0) is 20.8 Å². The lowest BCUT2D eigenvalue weighted by Crippen LogP contribution is -2.35. The molecule has 7 nitrogen and oxygen atoms in total. The van der Waals surface area contributed by atoms with Crippen LogP contribution in [0.15, 0.2) is 48.5 Å². The van der Waals surface area contributed by atoms with E-state index in [1.54, 1.807) is 30.3 Å². The van der Waals surface area contributed by atoms with E-state index in [2.05, 4.69) is 32.1 Å². The summed E-state index contributed by atoms with van der Waals surface area (Å²) in [6.45, 7) is 4.33. The molecule has 1 aliphatic heterocycles. The number of ether oxygens (including phenoxy) is 2. The maximum atomic E-state index is 12.3. The lowest BCUT2D eigenvalue weighted by atomic mass is 10.1. The van der Waals surface area contributed by atoms with E-state index in [0.29, 0.717) is 10.7 Å². The standard InChI is InChI=1S/C23H23N3O4S/c1-29-22(28)18-6-2-16(3-7-18)5-9-21(27)25-23-24-19-8-4-17(14-20(19)31-23)15-26-10-12-30-13-11-26/h2-9,14H,10-13,15H2,1H3,(H,24,25,27)/b9-5+. The third kappa shape index (κ3) is 5.55. The highest BCUT2D eigenvalue weighted by atomic mass is 32.1. The van der Waals surface area contributed by atoms with E-state index in [1.807, 2.05) is 6.07 Å². The molecule has 1 saturated heterocycles. The number of amides is 1. The summed E-state index contributed by atoms with van der Waals surface area (Å²) in [7, 11) is 1.34. The van der Waals surface area contributed by atoms with Gasteiger partial charge in [-0.05, 0) is 41.5 Å². The number of rotatable bonds is 6. The first-order valence-electron chi connectivity index (χ1n) is 9.98. The van der Waals surface area contributed by atoms with E-state index >= 15 is 0 Å². The largest absolute Gasteiger partial charge is 0.465 e. The third-order valence-corrected chi connectivity index (χ3v) is 5.89. The predicted octanol–water partition coefficient (Wildman–Crippen LogP) is 3.57. The van der Waals surface area contributed by atoms with Gasteiger partial charge in [-0.25, -0.2) is 9.78 Å². The molecule has 31 heavy (non-hydrogen) atoms. The Hall–Kier alpha value is -3.07. The average molecular weight is 438 g/mol. The van der Waals surface area contributed by atoms with Crippen molar-refractivity contribution in [2.45, 2.75) is 6.54 Å². The second kappa shape index (κ2) is 9.82. The number of fused-ring (bicyclic) bond motifs is 1. The van der Waals surface area contributed by atoms with Gasteiger partial charge in [0.15, 0.2) is 5.13 Å².